The number of aromatic nitrogens is 3. The zero-order valence-corrected chi connectivity index (χ0v) is 35.0. The predicted octanol–water partition coefficient (Wildman–Crippen LogP) is 16.0. The number of anilines is 3. The topological polar surface area (TPSA) is 26.0 Å². The first-order chi connectivity index (χ1) is 32.0. The number of benzene rings is 9. The van der Waals surface area contributed by atoms with Gasteiger partial charge in [0, 0.05) is 49.9 Å². The number of fused-ring (bicyclic) bond motifs is 6. The summed E-state index contributed by atoms with van der Waals surface area (Å²) in [5.41, 5.74) is 15.1. The minimum Gasteiger partial charge on any atom is -0.309 e. The third-order valence-corrected chi connectivity index (χ3v) is 12.4. The quantitative estimate of drug-likeness (QED) is 0.152. The molecule has 0 saturated carbocycles. The second kappa shape index (κ2) is 15.6. The van der Waals surface area contributed by atoms with E-state index in [1.54, 1.807) is 24.3 Å². The average molecular weight is 841 g/mol. The second-order valence-corrected chi connectivity index (χ2v) is 16.3. The highest BCUT2D eigenvalue weighted by molar-refractivity contribution is 6.12. The van der Waals surface area contributed by atoms with Gasteiger partial charge in [-0.1, -0.05) is 84.9 Å². The molecule has 65 heavy (non-hydrogen) atoms. The van der Waals surface area contributed by atoms with Gasteiger partial charge in [0.05, 0.1) is 39.6 Å². The van der Waals surface area contributed by atoms with Crippen molar-refractivity contribution >= 4 is 60.7 Å². The van der Waals surface area contributed by atoms with Gasteiger partial charge in [-0.25, -0.2) is 8.78 Å². The first kappa shape index (κ1) is 38.1. The van der Waals surface area contributed by atoms with Crippen LogP contribution in [-0.4, -0.2) is 14.1 Å². The first-order valence-corrected chi connectivity index (χ1v) is 21.6. The Kier molecular flexibility index (Phi) is 9.16. The van der Waals surface area contributed by atoms with Crippen LogP contribution in [0.25, 0.3) is 88.5 Å². The van der Waals surface area contributed by atoms with Gasteiger partial charge in [-0.2, -0.15) is 0 Å². The van der Waals surface area contributed by atoms with Crippen LogP contribution in [-0.2, 0) is 0 Å². The molecule has 0 saturated heterocycles. The van der Waals surface area contributed by atoms with Crippen molar-refractivity contribution < 1.29 is 8.78 Å². The van der Waals surface area contributed by atoms with Crippen LogP contribution in [0.1, 0.15) is 0 Å². The maximum Gasteiger partial charge on any atom is 0.123 e. The van der Waals surface area contributed by atoms with Crippen LogP contribution in [0.15, 0.2) is 231 Å². The van der Waals surface area contributed by atoms with Gasteiger partial charge in [0.1, 0.15) is 11.6 Å². The number of hydrogen-bond donors (Lipinski definition) is 0. The van der Waals surface area contributed by atoms with E-state index >= 15 is 0 Å². The van der Waals surface area contributed by atoms with Crippen LogP contribution in [0.2, 0.25) is 0 Å². The molecule has 9 aromatic carbocycles. The molecular weight excluding hydrogens is 803 g/mol. The highest BCUT2D eigenvalue weighted by Gasteiger charge is 2.18. The summed E-state index contributed by atoms with van der Waals surface area (Å²) in [5.74, 6) is -0.668. The predicted molar refractivity (Wildman–Crippen MR) is 264 cm³/mol. The van der Waals surface area contributed by atoms with Crippen LogP contribution < -0.4 is 4.90 Å². The molecule has 308 valence electrons. The molecule has 0 fully saturated rings. The zero-order valence-electron chi connectivity index (χ0n) is 35.0. The third kappa shape index (κ3) is 6.71. The minimum atomic E-state index is -0.334. The van der Waals surface area contributed by atoms with Gasteiger partial charge in [-0.15, -0.1) is 0 Å². The molecule has 0 aliphatic rings. The number of pyridine rings is 1. The summed E-state index contributed by atoms with van der Waals surface area (Å²) in [5, 5.41) is 4.73. The SMILES string of the molecule is Fc1ccc(N(c2ccc(F)cc2)c2ccc(-c3cc(-c4ccc5c(c4)c4ccccc4n5-c4ccccc4)cc(-c4ccc5c(c4)c4ccccc4n5-c4ccccc4)c3)nc2)cc1. The lowest BCUT2D eigenvalue weighted by Gasteiger charge is -2.25. The van der Waals surface area contributed by atoms with E-state index < -0.39 is 0 Å². The van der Waals surface area contributed by atoms with Crippen LogP contribution in [0.4, 0.5) is 25.8 Å². The van der Waals surface area contributed by atoms with Gasteiger partial charge in [-0.05, 0) is 162 Å². The fourth-order valence-corrected chi connectivity index (χ4v) is 9.44. The number of rotatable bonds is 8. The molecule has 12 aromatic rings. The molecule has 6 heteroatoms. The fraction of sp³-hybridized carbons (Fsp3) is 0. The fourth-order valence-electron chi connectivity index (χ4n) is 9.44. The monoisotopic (exact) mass is 840 g/mol. The first-order valence-electron chi connectivity index (χ1n) is 21.6. The van der Waals surface area contributed by atoms with Crippen LogP contribution >= 0.6 is 0 Å². The van der Waals surface area contributed by atoms with Crippen molar-refractivity contribution in [1.82, 2.24) is 14.1 Å². The number of para-hydroxylation sites is 4. The molecule has 0 atom stereocenters. The molecule has 0 N–H and O–H groups in total. The van der Waals surface area contributed by atoms with Crippen molar-refractivity contribution in [1.29, 1.82) is 0 Å². The summed E-state index contributed by atoms with van der Waals surface area (Å²) >= 11 is 0. The van der Waals surface area contributed by atoms with Gasteiger partial charge in [0.2, 0.25) is 0 Å². The number of nitrogens with zero attached hydrogens (tertiary/aromatic N) is 4. The van der Waals surface area contributed by atoms with E-state index in [0.717, 1.165) is 84.0 Å². The van der Waals surface area contributed by atoms with E-state index in [9.17, 15) is 8.78 Å². The van der Waals surface area contributed by atoms with Gasteiger partial charge in [-0.3, -0.25) is 4.98 Å². The molecule has 0 unspecified atom stereocenters. The highest BCUT2D eigenvalue weighted by atomic mass is 19.1. The van der Waals surface area contributed by atoms with Gasteiger partial charge >= 0.3 is 0 Å². The molecule has 0 aliphatic carbocycles. The molecule has 0 aliphatic heterocycles. The minimum absolute atomic E-state index is 0.334. The van der Waals surface area contributed by atoms with Crippen molar-refractivity contribution in [3.8, 4) is 44.9 Å². The Labute approximate surface area is 374 Å². The van der Waals surface area contributed by atoms with Crippen LogP contribution in [0, 0.1) is 11.6 Å². The van der Waals surface area contributed by atoms with Crippen LogP contribution in [0.5, 0.6) is 0 Å². The second-order valence-electron chi connectivity index (χ2n) is 16.3. The zero-order chi connectivity index (χ0) is 43.4. The molecule has 3 heterocycles. The van der Waals surface area contributed by atoms with Crippen molar-refractivity contribution in [3.05, 3.63) is 242 Å². The Morgan fingerprint density at radius 3 is 1.20 bits per heavy atom. The summed E-state index contributed by atoms with van der Waals surface area (Å²) in [6.07, 6.45) is 1.82. The molecule has 12 rings (SSSR count). The Balaban J connectivity index is 1.03. The van der Waals surface area contributed by atoms with Gasteiger partial charge in [0.15, 0.2) is 0 Å². The number of halogens is 2. The molecule has 4 nitrogen and oxygen atoms in total. The molecule has 0 bridgehead atoms. The largest absolute Gasteiger partial charge is 0.309 e. The highest BCUT2D eigenvalue weighted by Crippen LogP contribution is 2.41. The van der Waals surface area contributed by atoms with E-state index in [2.05, 4.69) is 173 Å². The smallest absolute Gasteiger partial charge is 0.123 e. The Morgan fingerprint density at radius 2 is 0.738 bits per heavy atom. The third-order valence-electron chi connectivity index (χ3n) is 12.4. The summed E-state index contributed by atoms with van der Waals surface area (Å²) in [6, 6.07) is 75.1. The maximum atomic E-state index is 14.1. The van der Waals surface area contributed by atoms with E-state index in [1.165, 1.54) is 45.8 Å². The number of hydrogen-bond acceptors (Lipinski definition) is 2. The lowest BCUT2D eigenvalue weighted by Crippen LogP contribution is -2.10. The lowest BCUT2D eigenvalue weighted by molar-refractivity contribution is 0.628. The Hall–Kier alpha value is -8.61. The van der Waals surface area contributed by atoms with Gasteiger partial charge < -0.3 is 14.0 Å². The van der Waals surface area contributed by atoms with E-state index in [0.29, 0.717) is 0 Å². The molecule has 0 spiro atoms. The van der Waals surface area contributed by atoms with Gasteiger partial charge in [0.25, 0.3) is 0 Å². The van der Waals surface area contributed by atoms with Crippen LogP contribution in [0.3, 0.4) is 0 Å². The normalized spacial score (nSPS) is 11.5. The van der Waals surface area contributed by atoms with Crippen molar-refractivity contribution in [2.75, 3.05) is 4.90 Å². The van der Waals surface area contributed by atoms with E-state index in [1.807, 2.05) is 23.2 Å². The molecule has 0 radical (unpaired) electrons. The summed E-state index contributed by atoms with van der Waals surface area (Å²) in [6.45, 7) is 0. The summed E-state index contributed by atoms with van der Waals surface area (Å²) in [7, 11) is 0. The van der Waals surface area contributed by atoms with Crippen molar-refractivity contribution in [3.63, 3.8) is 0 Å². The molecule has 0 amide bonds. The molecular formula is C59H38F2N4. The Bertz CT molecular complexity index is 3490. The Morgan fingerprint density at radius 1 is 0.323 bits per heavy atom. The standard InChI is InChI=1S/C59H38F2N4/c60-44-21-25-48(26-22-44)63(49-27-23-45(61)24-28-49)50-29-30-55(62-38-50)43-34-41(39-19-31-58-53(36-39)51-15-7-9-17-56(51)64(58)46-11-3-1-4-12-46)33-42(35-43)40-20-32-59-54(37-40)52-16-8-10-18-57(52)65(59)47-13-5-2-6-14-47/h1-38H. The summed E-state index contributed by atoms with van der Waals surface area (Å²) < 4.78 is 32.9. The summed E-state index contributed by atoms with van der Waals surface area (Å²) in [4.78, 5) is 7.03. The maximum absolute atomic E-state index is 14.1. The van der Waals surface area contributed by atoms with E-state index in [-0.39, 0.29) is 11.6 Å². The lowest BCUT2D eigenvalue weighted by atomic mass is 9.93. The van der Waals surface area contributed by atoms with Crippen molar-refractivity contribution in [2.24, 2.45) is 0 Å². The van der Waals surface area contributed by atoms with Crippen molar-refractivity contribution in [2.45, 2.75) is 0 Å². The molecule has 3 aromatic heterocycles. The average Bonchev–Trinajstić information content (AvgIpc) is 3.88. The van der Waals surface area contributed by atoms with E-state index in [4.69, 9.17) is 4.98 Å².